The van der Waals surface area contributed by atoms with E-state index in [0.29, 0.717) is 24.1 Å². The summed E-state index contributed by atoms with van der Waals surface area (Å²) in [6, 6.07) is 9.73. The van der Waals surface area contributed by atoms with E-state index in [1.54, 1.807) is 36.7 Å². The Labute approximate surface area is 121 Å². The lowest BCUT2D eigenvalue weighted by atomic mass is 10.1. The maximum absolute atomic E-state index is 12.4. The lowest BCUT2D eigenvalue weighted by Crippen LogP contribution is -2.34. The maximum atomic E-state index is 12.4. The van der Waals surface area contributed by atoms with Crippen LogP contribution in [0.25, 0.3) is 0 Å². The molecule has 1 aromatic carbocycles. The number of aromatic nitrogens is 1. The van der Waals surface area contributed by atoms with Gasteiger partial charge in [0.1, 0.15) is 0 Å². The largest absolute Gasteiger partial charge is 0.479 e. The fourth-order valence-corrected chi connectivity index (χ4v) is 2.66. The molecule has 0 saturated carbocycles. The van der Waals surface area contributed by atoms with E-state index in [0.717, 1.165) is 5.56 Å². The zero-order valence-electron chi connectivity index (χ0n) is 11.3. The molecule has 1 aromatic heterocycles. The molecule has 0 radical (unpaired) electrons. The van der Waals surface area contributed by atoms with Gasteiger partial charge >= 0.3 is 5.97 Å². The number of carbonyl (C=O) groups excluding carboxylic acids is 1. The van der Waals surface area contributed by atoms with Gasteiger partial charge in [-0.25, -0.2) is 4.79 Å². The number of carbonyl (C=O) groups is 2. The fourth-order valence-electron chi connectivity index (χ4n) is 2.66. The smallest absolute Gasteiger partial charge is 0.331 e. The third kappa shape index (κ3) is 2.38. The number of rotatable bonds is 4. The van der Waals surface area contributed by atoms with Crippen molar-refractivity contribution in [3.8, 4) is 0 Å². The first-order chi connectivity index (χ1) is 10.2. The van der Waals surface area contributed by atoms with Crippen molar-refractivity contribution in [3.63, 3.8) is 0 Å². The fraction of sp³-hybridized carbons (Fsp3) is 0.188. The Morgan fingerprint density at radius 3 is 2.76 bits per heavy atom. The van der Waals surface area contributed by atoms with Crippen molar-refractivity contribution in [2.45, 2.75) is 12.5 Å². The molecule has 21 heavy (non-hydrogen) atoms. The Morgan fingerprint density at radius 2 is 2.05 bits per heavy atom. The lowest BCUT2D eigenvalue weighted by Gasteiger charge is -2.21. The molecule has 106 valence electrons. The second kappa shape index (κ2) is 5.36. The number of fused-ring (bicyclic) bond motifs is 1. The first-order valence-corrected chi connectivity index (χ1v) is 6.70. The average molecular weight is 282 g/mol. The van der Waals surface area contributed by atoms with Gasteiger partial charge in [-0.2, -0.15) is 0 Å². The molecule has 1 N–H and O–H groups in total. The van der Waals surface area contributed by atoms with E-state index in [-0.39, 0.29) is 5.91 Å². The van der Waals surface area contributed by atoms with E-state index < -0.39 is 12.0 Å². The van der Waals surface area contributed by atoms with Crippen LogP contribution < -0.4 is 0 Å². The summed E-state index contributed by atoms with van der Waals surface area (Å²) >= 11 is 0. The number of carboxylic acid groups (broad SMARTS) is 1. The van der Waals surface area contributed by atoms with Crippen molar-refractivity contribution in [3.05, 3.63) is 65.5 Å². The standard InChI is InChI=1S/C16H14N2O3/c19-15-13-6-2-1-5-12(13)14(16(20)21)18(15)9-7-11-4-3-8-17-10-11/h1-6,8,10,14H,7,9H2,(H,20,21). The number of hydrogen-bond donors (Lipinski definition) is 1. The van der Waals surface area contributed by atoms with Gasteiger partial charge in [-0.15, -0.1) is 0 Å². The Hall–Kier alpha value is -2.69. The summed E-state index contributed by atoms with van der Waals surface area (Å²) < 4.78 is 0. The molecule has 0 spiro atoms. The van der Waals surface area contributed by atoms with Gasteiger partial charge in [0.15, 0.2) is 6.04 Å². The van der Waals surface area contributed by atoms with Crippen LogP contribution >= 0.6 is 0 Å². The van der Waals surface area contributed by atoms with Crippen LogP contribution in [0.2, 0.25) is 0 Å². The van der Waals surface area contributed by atoms with Crippen LogP contribution in [-0.2, 0) is 11.2 Å². The minimum atomic E-state index is -1.00. The minimum absolute atomic E-state index is 0.220. The van der Waals surface area contributed by atoms with Crippen LogP contribution in [0.4, 0.5) is 0 Å². The lowest BCUT2D eigenvalue weighted by molar-refractivity contribution is -0.142. The molecule has 0 bridgehead atoms. The summed E-state index contributed by atoms with van der Waals surface area (Å²) in [5, 5.41) is 9.44. The molecule has 2 aromatic rings. The summed E-state index contributed by atoms with van der Waals surface area (Å²) in [6.45, 7) is 0.357. The van der Waals surface area contributed by atoms with Gasteiger partial charge in [0.05, 0.1) is 0 Å². The highest BCUT2D eigenvalue weighted by Gasteiger charge is 2.40. The predicted octanol–water partition coefficient (Wildman–Crippen LogP) is 1.91. The first-order valence-electron chi connectivity index (χ1n) is 6.70. The third-order valence-electron chi connectivity index (χ3n) is 3.66. The SMILES string of the molecule is O=C(O)C1c2ccccc2C(=O)N1CCc1cccnc1. The molecule has 0 fully saturated rings. The van der Waals surface area contributed by atoms with Gasteiger partial charge in [-0.3, -0.25) is 9.78 Å². The Bertz CT molecular complexity index is 685. The molecule has 1 aliphatic heterocycles. The van der Waals surface area contributed by atoms with Crippen molar-refractivity contribution < 1.29 is 14.7 Å². The van der Waals surface area contributed by atoms with Gasteiger partial charge in [0.25, 0.3) is 5.91 Å². The van der Waals surface area contributed by atoms with Crippen molar-refractivity contribution in [1.82, 2.24) is 9.88 Å². The Balaban J connectivity index is 1.85. The van der Waals surface area contributed by atoms with Crippen LogP contribution in [0.15, 0.2) is 48.8 Å². The van der Waals surface area contributed by atoms with Gasteiger partial charge in [0.2, 0.25) is 0 Å². The van der Waals surface area contributed by atoms with Crippen LogP contribution in [-0.4, -0.2) is 33.4 Å². The zero-order valence-corrected chi connectivity index (χ0v) is 11.3. The van der Waals surface area contributed by atoms with Crippen LogP contribution in [0.5, 0.6) is 0 Å². The van der Waals surface area contributed by atoms with E-state index in [1.165, 1.54) is 4.90 Å². The molecule has 0 aliphatic carbocycles. The van der Waals surface area contributed by atoms with Crippen molar-refractivity contribution in [2.75, 3.05) is 6.54 Å². The summed E-state index contributed by atoms with van der Waals surface area (Å²) in [6.07, 6.45) is 3.99. The number of pyridine rings is 1. The summed E-state index contributed by atoms with van der Waals surface area (Å²) in [7, 11) is 0. The topological polar surface area (TPSA) is 70.5 Å². The molecular formula is C16H14N2O3. The van der Waals surface area contributed by atoms with E-state index in [1.807, 2.05) is 12.1 Å². The molecule has 2 heterocycles. The van der Waals surface area contributed by atoms with E-state index in [9.17, 15) is 14.7 Å². The molecule has 1 aliphatic rings. The number of amides is 1. The van der Waals surface area contributed by atoms with Crippen LogP contribution in [0, 0.1) is 0 Å². The van der Waals surface area contributed by atoms with Gasteiger partial charge in [0, 0.05) is 24.5 Å². The predicted molar refractivity (Wildman–Crippen MR) is 75.8 cm³/mol. The Kier molecular flexibility index (Phi) is 3.39. The summed E-state index contributed by atoms with van der Waals surface area (Å²) in [4.78, 5) is 29.3. The van der Waals surface area contributed by atoms with E-state index >= 15 is 0 Å². The maximum Gasteiger partial charge on any atom is 0.331 e. The molecule has 1 amide bonds. The summed E-state index contributed by atoms with van der Waals surface area (Å²) in [5.41, 5.74) is 2.03. The second-order valence-corrected chi connectivity index (χ2v) is 4.94. The number of nitrogens with zero attached hydrogens (tertiary/aromatic N) is 2. The number of carboxylic acids is 1. The van der Waals surface area contributed by atoms with E-state index in [2.05, 4.69) is 4.98 Å². The second-order valence-electron chi connectivity index (χ2n) is 4.94. The first kappa shape index (κ1) is 13.3. The third-order valence-corrected chi connectivity index (χ3v) is 3.66. The molecule has 5 heteroatoms. The number of benzene rings is 1. The highest BCUT2D eigenvalue weighted by Crippen LogP contribution is 2.33. The Morgan fingerprint density at radius 1 is 1.24 bits per heavy atom. The van der Waals surface area contributed by atoms with Gasteiger partial charge < -0.3 is 10.0 Å². The average Bonchev–Trinajstić information content (AvgIpc) is 2.79. The normalized spacial score (nSPS) is 16.9. The highest BCUT2D eigenvalue weighted by atomic mass is 16.4. The van der Waals surface area contributed by atoms with Crippen molar-refractivity contribution in [1.29, 1.82) is 0 Å². The molecule has 0 saturated heterocycles. The van der Waals surface area contributed by atoms with Crippen molar-refractivity contribution >= 4 is 11.9 Å². The molecule has 1 atom stereocenters. The monoisotopic (exact) mass is 282 g/mol. The number of hydrogen-bond acceptors (Lipinski definition) is 3. The molecule has 5 nitrogen and oxygen atoms in total. The van der Waals surface area contributed by atoms with Crippen LogP contribution in [0.3, 0.4) is 0 Å². The number of aliphatic carboxylic acids is 1. The molecule has 1 unspecified atom stereocenters. The van der Waals surface area contributed by atoms with Crippen LogP contribution in [0.1, 0.15) is 27.5 Å². The van der Waals surface area contributed by atoms with Gasteiger partial charge in [-0.05, 0) is 29.7 Å². The molecular weight excluding hydrogens is 268 g/mol. The highest BCUT2D eigenvalue weighted by molar-refractivity contribution is 6.03. The van der Waals surface area contributed by atoms with Gasteiger partial charge in [-0.1, -0.05) is 24.3 Å². The van der Waals surface area contributed by atoms with Crippen molar-refractivity contribution in [2.24, 2.45) is 0 Å². The minimum Gasteiger partial charge on any atom is -0.479 e. The summed E-state index contributed by atoms with van der Waals surface area (Å²) in [5.74, 6) is -1.22. The van der Waals surface area contributed by atoms with E-state index in [4.69, 9.17) is 0 Å². The zero-order chi connectivity index (χ0) is 14.8. The molecule has 3 rings (SSSR count). The quantitative estimate of drug-likeness (QED) is 0.930.